The molecule has 0 bridgehead atoms. The molecule has 5 heteroatoms. The molecule has 1 fully saturated rings. The molecular weight excluding hydrogens is 254 g/mol. The molecule has 1 aromatic rings. The standard InChI is InChI=1S/C15H25N3O2/c1-10(2)14-9-11(3)17-18(14)13-7-5-12(6-8-13)16-15(19)20-4/h9-10,12-13H,5-8H2,1-4H3,(H,16,19). The number of alkyl carbamates (subject to hydrolysis) is 1. The maximum absolute atomic E-state index is 11.2. The third-order valence-corrected chi connectivity index (χ3v) is 4.03. The van der Waals surface area contributed by atoms with Crippen molar-refractivity contribution in [3.8, 4) is 0 Å². The topological polar surface area (TPSA) is 56.1 Å². The molecule has 5 nitrogen and oxygen atoms in total. The Balaban J connectivity index is 1.98. The van der Waals surface area contributed by atoms with E-state index >= 15 is 0 Å². The Kier molecular flexibility index (Phi) is 4.68. The number of amides is 1. The Hall–Kier alpha value is -1.52. The highest BCUT2D eigenvalue weighted by Gasteiger charge is 2.26. The van der Waals surface area contributed by atoms with Gasteiger partial charge in [0.2, 0.25) is 0 Å². The van der Waals surface area contributed by atoms with Gasteiger partial charge in [-0.25, -0.2) is 4.79 Å². The normalized spacial score (nSPS) is 22.9. The minimum atomic E-state index is -0.328. The minimum absolute atomic E-state index is 0.234. The molecule has 1 aromatic heterocycles. The van der Waals surface area contributed by atoms with Crippen molar-refractivity contribution >= 4 is 6.09 Å². The second-order valence-electron chi connectivity index (χ2n) is 5.95. The summed E-state index contributed by atoms with van der Waals surface area (Å²) < 4.78 is 6.85. The number of carbonyl (C=O) groups excluding carboxylic acids is 1. The van der Waals surface area contributed by atoms with Crippen molar-refractivity contribution in [3.63, 3.8) is 0 Å². The zero-order valence-electron chi connectivity index (χ0n) is 12.8. The molecule has 1 aliphatic rings. The first-order chi connectivity index (χ1) is 9.51. The number of rotatable bonds is 3. The molecule has 20 heavy (non-hydrogen) atoms. The highest BCUT2D eigenvalue weighted by Crippen LogP contribution is 2.31. The molecule has 112 valence electrons. The Labute approximate surface area is 120 Å². The summed E-state index contributed by atoms with van der Waals surface area (Å²) in [4.78, 5) is 11.2. The van der Waals surface area contributed by atoms with E-state index in [1.807, 2.05) is 6.92 Å². The summed E-state index contributed by atoms with van der Waals surface area (Å²) in [5.41, 5.74) is 2.40. The highest BCUT2D eigenvalue weighted by molar-refractivity contribution is 5.67. The molecule has 1 aliphatic carbocycles. The summed E-state index contributed by atoms with van der Waals surface area (Å²) in [6.45, 7) is 6.46. The van der Waals surface area contributed by atoms with Gasteiger partial charge in [0.1, 0.15) is 0 Å². The SMILES string of the molecule is COC(=O)NC1CCC(n2nc(C)cc2C(C)C)CC1. The van der Waals surface area contributed by atoms with Crippen molar-refractivity contribution in [1.82, 2.24) is 15.1 Å². The van der Waals surface area contributed by atoms with Crippen molar-refractivity contribution < 1.29 is 9.53 Å². The summed E-state index contributed by atoms with van der Waals surface area (Å²) >= 11 is 0. The molecular formula is C15H25N3O2. The zero-order chi connectivity index (χ0) is 14.7. The van der Waals surface area contributed by atoms with E-state index in [0.717, 1.165) is 31.4 Å². The molecule has 0 saturated heterocycles. The van der Waals surface area contributed by atoms with Crippen LogP contribution in [0.5, 0.6) is 0 Å². The summed E-state index contributed by atoms with van der Waals surface area (Å²) in [6.07, 6.45) is 3.74. The molecule has 0 aromatic carbocycles. The van der Waals surface area contributed by atoms with Crippen LogP contribution in [0, 0.1) is 6.92 Å². The third-order valence-electron chi connectivity index (χ3n) is 4.03. The van der Waals surface area contributed by atoms with Crippen LogP contribution in [0.25, 0.3) is 0 Å². The van der Waals surface area contributed by atoms with Crippen LogP contribution >= 0.6 is 0 Å². The maximum atomic E-state index is 11.2. The van der Waals surface area contributed by atoms with Crippen molar-refractivity contribution in [2.24, 2.45) is 0 Å². The lowest BCUT2D eigenvalue weighted by atomic mass is 9.91. The van der Waals surface area contributed by atoms with Crippen LogP contribution in [0.15, 0.2) is 6.07 Å². The van der Waals surface area contributed by atoms with E-state index in [1.165, 1.54) is 12.8 Å². The lowest BCUT2D eigenvalue weighted by molar-refractivity contribution is 0.160. The second kappa shape index (κ2) is 6.29. The summed E-state index contributed by atoms with van der Waals surface area (Å²) in [6, 6.07) is 2.87. The lowest BCUT2D eigenvalue weighted by Gasteiger charge is -2.30. The Morgan fingerprint density at radius 1 is 1.40 bits per heavy atom. The highest BCUT2D eigenvalue weighted by atomic mass is 16.5. The van der Waals surface area contributed by atoms with Crippen molar-refractivity contribution in [2.75, 3.05) is 7.11 Å². The molecule has 1 saturated carbocycles. The fourth-order valence-electron chi connectivity index (χ4n) is 2.95. The van der Waals surface area contributed by atoms with Crippen molar-refractivity contribution in [2.45, 2.75) is 64.5 Å². The van der Waals surface area contributed by atoms with Gasteiger partial charge in [0, 0.05) is 11.7 Å². The van der Waals surface area contributed by atoms with Crippen molar-refractivity contribution in [3.05, 3.63) is 17.5 Å². The predicted octanol–water partition coefficient (Wildman–Crippen LogP) is 3.15. The van der Waals surface area contributed by atoms with E-state index in [1.54, 1.807) is 0 Å². The number of hydrogen-bond acceptors (Lipinski definition) is 3. The van der Waals surface area contributed by atoms with Gasteiger partial charge < -0.3 is 10.1 Å². The van der Waals surface area contributed by atoms with Crippen LogP contribution in [-0.4, -0.2) is 29.0 Å². The molecule has 2 rings (SSSR count). The molecule has 0 spiro atoms. The summed E-state index contributed by atoms with van der Waals surface area (Å²) in [7, 11) is 1.41. The van der Waals surface area contributed by atoms with Gasteiger partial charge in [-0.2, -0.15) is 5.10 Å². The van der Waals surface area contributed by atoms with Crippen LogP contribution < -0.4 is 5.32 Å². The summed E-state index contributed by atoms with van der Waals surface area (Å²) in [5, 5.41) is 7.55. The third kappa shape index (κ3) is 3.32. The number of carbonyl (C=O) groups is 1. The quantitative estimate of drug-likeness (QED) is 0.924. The van der Waals surface area contributed by atoms with E-state index < -0.39 is 0 Å². The number of nitrogens with zero attached hydrogens (tertiary/aromatic N) is 2. The van der Waals surface area contributed by atoms with E-state index in [0.29, 0.717) is 12.0 Å². The first kappa shape index (κ1) is 14.9. The smallest absolute Gasteiger partial charge is 0.407 e. The van der Waals surface area contributed by atoms with Gasteiger partial charge in [-0.05, 0) is 44.6 Å². The van der Waals surface area contributed by atoms with Crippen LogP contribution in [0.2, 0.25) is 0 Å². The zero-order valence-corrected chi connectivity index (χ0v) is 12.8. The van der Waals surface area contributed by atoms with Gasteiger partial charge in [-0.15, -0.1) is 0 Å². The van der Waals surface area contributed by atoms with Gasteiger partial charge >= 0.3 is 6.09 Å². The largest absolute Gasteiger partial charge is 0.453 e. The average Bonchev–Trinajstić information content (AvgIpc) is 2.82. The molecule has 0 aliphatic heterocycles. The van der Waals surface area contributed by atoms with E-state index in [2.05, 4.69) is 39.7 Å². The number of methoxy groups -OCH3 is 1. The summed E-state index contributed by atoms with van der Waals surface area (Å²) in [5.74, 6) is 0.488. The number of aromatic nitrogens is 2. The predicted molar refractivity (Wildman–Crippen MR) is 77.9 cm³/mol. The molecule has 0 radical (unpaired) electrons. The number of hydrogen-bond donors (Lipinski definition) is 1. The van der Waals surface area contributed by atoms with E-state index in [9.17, 15) is 4.79 Å². The number of nitrogens with one attached hydrogen (secondary N) is 1. The van der Waals surface area contributed by atoms with Gasteiger partial charge in [-0.3, -0.25) is 4.68 Å². The lowest BCUT2D eigenvalue weighted by Crippen LogP contribution is -2.38. The van der Waals surface area contributed by atoms with E-state index in [4.69, 9.17) is 0 Å². The molecule has 0 atom stereocenters. The van der Waals surface area contributed by atoms with Crippen molar-refractivity contribution in [1.29, 1.82) is 0 Å². The number of aryl methyl sites for hydroxylation is 1. The fraction of sp³-hybridized carbons (Fsp3) is 0.733. The second-order valence-corrected chi connectivity index (χ2v) is 5.95. The van der Waals surface area contributed by atoms with Gasteiger partial charge in [0.25, 0.3) is 0 Å². The van der Waals surface area contributed by atoms with Crippen LogP contribution in [0.3, 0.4) is 0 Å². The molecule has 0 unspecified atom stereocenters. The van der Waals surface area contributed by atoms with Gasteiger partial charge in [0.05, 0.1) is 18.8 Å². The first-order valence-electron chi connectivity index (χ1n) is 7.41. The Morgan fingerprint density at radius 2 is 2.05 bits per heavy atom. The van der Waals surface area contributed by atoms with Crippen LogP contribution in [0.4, 0.5) is 4.79 Å². The Morgan fingerprint density at radius 3 is 2.60 bits per heavy atom. The molecule has 1 heterocycles. The molecule has 1 N–H and O–H groups in total. The minimum Gasteiger partial charge on any atom is -0.453 e. The van der Waals surface area contributed by atoms with Crippen LogP contribution in [0.1, 0.15) is 62.9 Å². The van der Waals surface area contributed by atoms with Gasteiger partial charge in [-0.1, -0.05) is 13.8 Å². The maximum Gasteiger partial charge on any atom is 0.407 e. The van der Waals surface area contributed by atoms with Gasteiger partial charge in [0.15, 0.2) is 0 Å². The number of ether oxygens (including phenoxy) is 1. The molecule has 1 amide bonds. The Bertz CT molecular complexity index is 460. The fourth-order valence-corrected chi connectivity index (χ4v) is 2.95. The average molecular weight is 279 g/mol. The first-order valence-corrected chi connectivity index (χ1v) is 7.41. The van der Waals surface area contributed by atoms with E-state index in [-0.39, 0.29) is 12.1 Å². The monoisotopic (exact) mass is 279 g/mol. The van der Waals surface area contributed by atoms with Crippen LogP contribution in [-0.2, 0) is 4.74 Å².